The zero-order valence-electron chi connectivity index (χ0n) is 17.1. The highest BCUT2D eigenvalue weighted by Crippen LogP contribution is 2.28. The molecule has 0 amide bonds. The largest absolute Gasteiger partial charge is 0.444 e. The second-order valence-corrected chi connectivity index (χ2v) is 8.09. The number of hydrogen-bond donors (Lipinski definition) is 1. The van der Waals surface area contributed by atoms with Gasteiger partial charge in [-0.05, 0) is 48.3 Å². The smallest absolute Gasteiger partial charge is 0.226 e. The van der Waals surface area contributed by atoms with E-state index in [0.29, 0.717) is 11.9 Å². The van der Waals surface area contributed by atoms with Gasteiger partial charge in [-0.1, -0.05) is 66.7 Å². The fourth-order valence-electron chi connectivity index (χ4n) is 4.31. The number of fused-ring (bicyclic) bond motifs is 1. The number of benzene rings is 3. The molecule has 1 saturated heterocycles. The van der Waals surface area contributed by atoms with Crippen molar-refractivity contribution >= 4 is 10.8 Å². The van der Waals surface area contributed by atoms with Crippen LogP contribution in [0.2, 0.25) is 0 Å². The number of aromatic nitrogens is 1. The van der Waals surface area contributed by atoms with Gasteiger partial charge in [-0.25, -0.2) is 4.98 Å². The van der Waals surface area contributed by atoms with Crippen molar-refractivity contribution in [2.45, 2.75) is 32.0 Å². The number of oxazole rings is 1. The summed E-state index contributed by atoms with van der Waals surface area (Å²) in [5.74, 6) is 0.696. The van der Waals surface area contributed by atoms with E-state index in [2.05, 4.69) is 83.0 Å². The van der Waals surface area contributed by atoms with Gasteiger partial charge in [0, 0.05) is 24.7 Å². The molecule has 1 aliphatic heterocycles. The second kappa shape index (κ2) is 8.82. The molecule has 5 rings (SSSR count). The first-order chi connectivity index (χ1) is 14.8. The Balaban J connectivity index is 1.16. The minimum atomic E-state index is 0.537. The molecule has 1 aliphatic rings. The topological polar surface area (TPSA) is 41.3 Å². The lowest BCUT2D eigenvalue weighted by Crippen LogP contribution is -2.41. The predicted molar refractivity (Wildman–Crippen MR) is 121 cm³/mol. The van der Waals surface area contributed by atoms with Crippen molar-refractivity contribution in [1.82, 2.24) is 15.2 Å². The van der Waals surface area contributed by atoms with Crippen LogP contribution in [0.4, 0.5) is 0 Å². The molecule has 0 aliphatic carbocycles. The molecule has 30 heavy (non-hydrogen) atoms. The first kappa shape index (κ1) is 19.0. The number of nitrogens with one attached hydrogen (secondary N) is 1. The lowest BCUT2D eigenvalue weighted by molar-refractivity contribution is 0.190. The van der Waals surface area contributed by atoms with Crippen molar-refractivity contribution in [3.63, 3.8) is 0 Å². The van der Waals surface area contributed by atoms with Crippen molar-refractivity contribution < 1.29 is 4.42 Å². The van der Waals surface area contributed by atoms with E-state index in [1.165, 1.54) is 29.2 Å². The Labute approximate surface area is 177 Å². The van der Waals surface area contributed by atoms with Gasteiger partial charge in [0.2, 0.25) is 5.89 Å². The quantitative estimate of drug-likeness (QED) is 0.482. The fourth-order valence-corrected chi connectivity index (χ4v) is 4.31. The Bertz CT molecular complexity index is 1090. The van der Waals surface area contributed by atoms with Crippen molar-refractivity contribution in [3.8, 4) is 11.5 Å². The first-order valence-electron chi connectivity index (χ1n) is 10.8. The molecule has 1 fully saturated rings. The van der Waals surface area contributed by atoms with E-state index in [1.54, 1.807) is 6.26 Å². The standard InChI is InChI=1S/C26H27N3O/c1-2-7-20(8-3-1)18-29-15-13-22(14-16-29)27-17-23-19-30-26(28-23)25-12-6-10-21-9-4-5-11-24(21)25/h1-12,19,22,27H,13-18H2. The summed E-state index contributed by atoms with van der Waals surface area (Å²) in [6.07, 6.45) is 4.12. The maximum absolute atomic E-state index is 5.82. The lowest BCUT2D eigenvalue weighted by atomic mass is 10.0. The summed E-state index contributed by atoms with van der Waals surface area (Å²) in [6, 6.07) is 25.9. The number of hydrogen-bond acceptors (Lipinski definition) is 4. The number of likely N-dealkylation sites (tertiary alicyclic amines) is 1. The van der Waals surface area contributed by atoms with Crippen LogP contribution >= 0.6 is 0 Å². The van der Waals surface area contributed by atoms with Gasteiger partial charge in [0.25, 0.3) is 0 Å². The van der Waals surface area contributed by atoms with Crippen LogP contribution in [-0.2, 0) is 13.1 Å². The first-order valence-corrected chi connectivity index (χ1v) is 10.8. The Morgan fingerprint density at radius 1 is 0.900 bits per heavy atom. The van der Waals surface area contributed by atoms with Gasteiger partial charge in [-0.3, -0.25) is 4.90 Å². The van der Waals surface area contributed by atoms with Gasteiger partial charge in [0.15, 0.2) is 0 Å². The molecule has 3 aromatic carbocycles. The molecule has 0 unspecified atom stereocenters. The Morgan fingerprint density at radius 3 is 2.53 bits per heavy atom. The molecule has 1 aromatic heterocycles. The highest BCUT2D eigenvalue weighted by Gasteiger charge is 2.19. The minimum absolute atomic E-state index is 0.537. The normalized spacial score (nSPS) is 15.6. The van der Waals surface area contributed by atoms with Gasteiger partial charge in [-0.15, -0.1) is 0 Å². The highest BCUT2D eigenvalue weighted by atomic mass is 16.3. The van der Waals surface area contributed by atoms with Crippen LogP contribution in [0.3, 0.4) is 0 Å². The van der Waals surface area contributed by atoms with Crippen LogP contribution in [0.25, 0.3) is 22.2 Å². The van der Waals surface area contributed by atoms with Crippen molar-refractivity contribution in [2.24, 2.45) is 0 Å². The van der Waals surface area contributed by atoms with Gasteiger partial charge in [0.1, 0.15) is 6.26 Å². The lowest BCUT2D eigenvalue weighted by Gasteiger charge is -2.32. The Morgan fingerprint density at radius 2 is 1.67 bits per heavy atom. The fraction of sp³-hybridized carbons (Fsp3) is 0.269. The van der Waals surface area contributed by atoms with Crippen LogP contribution in [0, 0.1) is 0 Å². The van der Waals surface area contributed by atoms with Crippen molar-refractivity contribution in [1.29, 1.82) is 0 Å². The van der Waals surface area contributed by atoms with E-state index >= 15 is 0 Å². The molecule has 4 heteroatoms. The molecule has 0 radical (unpaired) electrons. The molecule has 4 nitrogen and oxygen atoms in total. The number of nitrogens with zero attached hydrogens (tertiary/aromatic N) is 2. The van der Waals surface area contributed by atoms with Crippen LogP contribution in [0.15, 0.2) is 83.5 Å². The third kappa shape index (κ3) is 4.30. The Kier molecular flexibility index (Phi) is 5.60. The van der Waals surface area contributed by atoms with E-state index in [-0.39, 0.29) is 0 Å². The van der Waals surface area contributed by atoms with Gasteiger partial charge < -0.3 is 9.73 Å². The van der Waals surface area contributed by atoms with Crippen LogP contribution in [-0.4, -0.2) is 29.0 Å². The molecular formula is C26H27N3O. The number of piperidine rings is 1. The van der Waals surface area contributed by atoms with E-state index in [9.17, 15) is 0 Å². The average molecular weight is 398 g/mol. The highest BCUT2D eigenvalue weighted by molar-refractivity contribution is 5.94. The second-order valence-electron chi connectivity index (χ2n) is 8.09. The molecule has 0 bridgehead atoms. The van der Waals surface area contributed by atoms with Crippen LogP contribution in [0.1, 0.15) is 24.1 Å². The van der Waals surface area contributed by atoms with E-state index in [1.807, 2.05) is 0 Å². The summed E-state index contributed by atoms with van der Waals surface area (Å²) in [5.41, 5.74) is 3.41. The summed E-state index contributed by atoms with van der Waals surface area (Å²) in [5, 5.41) is 6.05. The van der Waals surface area contributed by atoms with Gasteiger partial charge in [-0.2, -0.15) is 0 Å². The van der Waals surface area contributed by atoms with Crippen molar-refractivity contribution in [3.05, 3.63) is 90.3 Å². The van der Waals surface area contributed by atoms with E-state index in [0.717, 1.165) is 37.4 Å². The van der Waals surface area contributed by atoms with Crippen molar-refractivity contribution in [2.75, 3.05) is 13.1 Å². The summed E-state index contributed by atoms with van der Waals surface area (Å²) < 4.78 is 5.82. The molecular weight excluding hydrogens is 370 g/mol. The van der Waals surface area contributed by atoms with Gasteiger partial charge in [0.05, 0.1) is 5.69 Å². The molecule has 1 N–H and O–H groups in total. The Hall–Kier alpha value is -2.95. The molecule has 0 atom stereocenters. The molecule has 152 valence electrons. The van der Waals surface area contributed by atoms with Crippen LogP contribution in [0.5, 0.6) is 0 Å². The summed E-state index contributed by atoms with van der Waals surface area (Å²) in [4.78, 5) is 7.29. The maximum Gasteiger partial charge on any atom is 0.226 e. The summed E-state index contributed by atoms with van der Waals surface area (Å²) in [6.45, 7) is 4.06. The third-order valence-electron chi connectivity index (χ3n) is 5.98. The summed E-state index contributed by atoms with van der Waals surface area (Å²) >= 11 is 0. The number of rotatable bonds is 6. The maximum atomic E-state index is 5.82. The molecule has 0 spiro atoms. The van der Waals surface area contributed by atoms with Crippen LogP contribution < -0.4 is 5.32 Å². The zero-order valence-corrected chi connectivity index (χ0v) is 17.1. The molecule has 2 heterocycles. The summed E-state index contributed by atoms with van der Waals surface area (Å²) in [7, 11) is 0. The third-order valence-corrected chi connectivity index (χ3v) is 5.98. The van der Waals surface area contributed by atoms with E-state index in [4.69, 9.17) is 9.40 Å². The average Bonchev–Trinajstić information content (AvgIpc) is 3.28. The van der Waals surface area contributed by atoms with Gasteiger partial charge >= 0.3 is 0 Å². The predicted octanol–water partition coefficient (Wildman–Crippen LogP) is 5.25. The SMILES string of the molecule is c1ccc(CN2CCC(NCc3coc(-c4cccc5ccccc45)n3)CC2)cc1. The molecule has 0 saturated carbocycles. The minimum Gasteiger partial charge on any atom is -0.444 e. The monoisotopic (exact) mass is 397 g/mol. The van der Waals surface area contributed by atoms with E-state index < -0.39 is 0 Å². The zero-order chi connectivity index (χ0) is 20.2. The molecule has 4 aromatic rings.